The summed E-state index contributed by atoms with van der Waals surface area (Å²) in [5.74, 6) is 0. The first-order chi connectivity index (χ1) is 26.4. The molecular weight excluding hydrogens is 680 g/mol. The topological polar surface area (TPSA) is 13.0 Å². The Labute approximate surface area is 317 Å². The monoisotopic (exact) mass is 720 g/mol. The zero-order valence-electron chi connectivity index (χ0n) is 29.4. The summed E-state index contributed by atoms with van der Waals surface area (Å²) >= 11 is -4.83. The molecule has 0 spiro atoms. The summed E-state index contributed by atoms with van der Waals surface area (Å²) in [6.45, 7) is 0. The summed E-state index contributed by atoms with van der Waals surface area (Å²) < 4.78 is 10.7. The standard InChI is InChI=1S/4C12H10N.Ti/c4*1-3-7-11(8-4-1)13-12-9-5-2-6-10-12;/h4*1-10H;/q4*-1;+4. The molecule has 53 heavy (non-hydrogen) atoms. The number of nitrogens with zero attached hydrogens (tertiary/aromatic N) is 4. The van der Waals surface area contributed by atoms with Gasteiger partial charge < -0.3 is 0 Å². The van der Waals surface area contributed by atoms with E-state index in [-0.39, 0.29) is 0 Å². The molecule has 0 fully saturated rings. The van der Waals surface area contributed by atoms with Crippen molar-refractivity contribution in [1.29, 1.82) is 0 Å². The van der Waals surface area contributed by atoms with Crippen molar-refractivity contribution >= 4 is 45.5 Å². The molecule has 4 nitrogen and oxygen atoms in total. The van der Waals surface area contributed by atoms with Gasteiger partial charge in [0.1, 0.15) is 0 Å². The van der Waals surface area contributed by atoms with Gasteiger partial charge in [0.2, 0.25) is 0 Å². The molecule has 0 amide bonds. The second-order valence-electron chi connectivity index (χ2n) is 12.6. The van der Waals surface area contributed by atoms with Crippen LogP contribution in [-0.2, 0) is 17.6 Å². The third-order valence-electron chi connectivity index (χ3n) is 9.32. The molecule has 0 radical (unpaired) electrons. The van der Waals surface area contributed by atoms with Crippen LogP contribution in [0.5, 0.6) is 0 Å². The Bertz CT molecular complexity index is 1780. The van der Waals surface area contributed by atoms with Crippen molar-refractivity contribution < 1.29 is 17.6 Å². The minimum absolute atomic E-state index is 1.09. The van der Waals surface area contributed by atoms with Gasteiger partial charge in [0, 0.05) is 0 Å². The van der Waals surface area contributed by atoms with Crippen LogP contribution in [0, 0.1) is 0 Å². The molecule has 256 valence electrons. The molecule has 0 aliphatic carbocycles. The van der Waals surface area contributed by atoms with Gasteiger partial charge in [-0.3, -0.25) is 0 Å². The number of hydrogen-bond acceptors (Lipinski definition) is 4. The number of anilines is 8. The van der Waals surface area contributed by atoms with E-state index in [1.54, 1.807) is 0 Å². The molecule has 0 aromatic heterocycles. The van der Waals surface area contributed by atoms with Crippen LogP contribution < -0.4 is 13.5 Å². The van der Waals surface area contributed by atoms with Crippen molar-refractivity contribution in [3.05, 3.63) is 243 Å². The summed E-state index contributed by atoms with van der Waals surface area (Å²) in [5, 5.41) is 0. The van der Waals surface area contributed by atoms with Crippen LogP contribution >= 0.6 is 0 Å². The van der Waals surface area contributed by atoms with E-state index in [0.717, 1.165) is 45.5 Å². The number of hydrogen-bond donors (Lipinski definition) is 0. The predicted octanol–water partition coefficient (Wildman–Crippen LogP) is 13.2. The zero-order chi connectivity index (χ0) is 35.7. The molecule has 0 N–H and O–H groups in total. The molecule has 0 heterocycles. The molecule has 0 aliphatic rings. The Morgan fingerprint density at radius 2 is 0.283 bits per heavy atom. The fourth-order valence-corrected chi connectivity index (χ4v) is 15.3. The molecule has 8 rings (SSSR count). The van der Waals surface area contributed by atoms with Crippen LogP contribution in [-0.4, -0.2) is 0 Å². The van der Waals surface area contributed by atoms with E-state index >= 15 is 0 Å². The Morgan fingerprint density at radius 3 is 0.396 bits per heavy atom. The first-order valence-electron chi connectivity index (χ1n) is 18.0. The Kier molecular flexibility index (Phi) is 10.2. The van der Waals surface area contributed by atoms with E-state index in [2.05, 4.69) is 256 Å². The second kappa shape index (κ2) is 15.9. The Morgan fingerprint density at radius 1 is 0.170 bits per heavy atom. The van der Waals surface area contributed by atoms with Crippen LogP contribution in [0.1, 0.15) is 0 Å². The summed E-state index contributed by atoms with van der Waals surface area (Å²) in [5.41, 5.74) is 8.70. The van der Waals surface area contributed by atoms with Gasteiger partial charge in [0.15, 0.2) is 0 Å². The van der Waals surface area contributed by atoms with E-state index < -0.39 is 17.6 Å². The molecular formula is C48H40N4Ti. The number of rotatable bonds is 12. The van der Waals surface area contributed by atoms with Crippen molar-refractivity contribution in [1.82, 2.24) is 0 Å². The first-order valence-corrected chi connectivity index (χ1v) is 20.8. The maximum absolute atomic E-state index is 4.83. The van der Waals surface area contributed by atoms with Crippen LogP contribution in [0.25, 0.3) is 0 Å². The van der Waals surface area contributed by atoms with Gasteiger partial charge in [0.25, 0.3) is 0 Å². The van der Waals surface area contributed by atoms with E-state index in [4.69, 9.17) is 0 Å². The normalized spacial score (nSPS) is 11.0. The average molecular weight is 721 g/mol. The fourth-order valence-electron chi connectivity index (χ4n) is 7.20. The summed E-state index contributed by atoms with van der Waals surface area (Å²) in [7, 11) is 0. The average Bonchev–Trinajstić information content (AvgIpc) is 3.24. The van der Waals surface area contributed by atoms with Crippen LogP contribution in [0.2, 0.25) is 0 Å². The molecule has 0 bridgehead atoms. The van der Waals surface area contributed by atoms with Crippen molar-refractivity contribution in [3.63, 3.8) is 0 Å². The van der Waals surface area contributed by atoms with Crippen LogP contribution in [0.15, 0.2) is 243 Å². The van der Waals surface area contributed by atoms with Gasteiger partial charge in [-0.15, -0.1) is 0 Å². The van der Waals surface area contributed by atoms with Crippen LogP contribution in [0.3, 0.4) is 0 Å². The number of benzene rings is 8. The van der Waals surface area contributed by atoms with Crippen molar-refractivity contribution in [2.45, 2.75) is 0 Å². The zero-order valence-corrected chi connectivity index (χ0v) is 30.9. The molecule has 8 aromatic rings. The van der Waals surface area contributed by atoms with Gasteiger partial charge in [-0.05, 0) is 0 Å². The maximum atomic E-state index is 2.67. The molecule has 0 aliphatic heterocycles. The summed E-state index contributed by atoms with van der Waals surface area (Å²) in [4.78, 5) is 0. The van der Waals surface area contributed by atoms with Gasteiger partial charge in [-0.25, -0.2) is 0 Å². The van der Waals surface area contributed by atoms with Crippen LogP contribution in [0.4, 0.5) is 45.5 Å². The second-order valence-corrected chi connectivity index (χ2v) is 17.3. The third-order valence-corrected chi connectivity index (χ3v) is 16.3. The molecule has 8 aromatic carbocycles. The van der Waals surface area contributed by atoms with Crippen molar-refractivity contribution in [2.24, 2.45) is 0 Å². The minimum atomic E-state index is -4.83. The molecule has 5 heteroatoms. The quantitative estimate of drug-likeness (QED) is 0.117. The SMILES string of the molecule is c1ccc([N](c2ccccc2)[Ti]([N](c2ccccc2)c2ccccc2)([N](c2ccccc2)c2ccccc2)[N](c2ccccc2)c2ccccc2)cc1. The number of para-hydroxylation sites is 8. The fraction of sp³-hybridized carbons (Fsp3) is 0. The van der Waals surface area contributed by atoms with E-state index in [0.29, 0.717) is 0 Å². The molecule has 0 saturated heterocycles. The Hall–Kier alpha value is -6.33. The van der Waals surface area contributed by atoms with Gasteiger partial charge in [0.05, 0.1) is 0 Å². The van der Waals surface area contributed by atoms with E-state index in [1.165, 1.54) is 0 Å². The molecule has 0 unspecified atom stereocenters. The summed E-state index contributed by atoms with van der Waals surface area (Å²) in [6, 6.07) is 87.3. The van der Waals surface area contributed by atoms with Gasteiger partial charge in [-0.2, -0.15) is 0 Å². The Balaban J connectivity index is 1.67. The summed E-state index contributed by atoms with van der Waals surface area (Å²) in [6.07, 6.45) is 0. The molecule has 0 saturated carbocycles. The van der Waals surface area contributed by atoms with E-state index in [9.17, 15) is 0 Å². The van der Waals surface area contributed by atoms with Gasteiger partial charge in [-0.1, -0.05) is 0 Å². The first kappa shape index (κ1) is 33.8. The van der Waals surface area contributed by atoms with Gasteiger partial charge >= 0.3 is 319 Å². The molecule has 0 atom stereocenters. The third kappa shape index (κ3) is 6.74. The van der Waals surface area contributed by atoms with Crippen molar-refractivity contribution in [3.8, 4) is 0 Å². The van der Waals surface area contributed by atoms with Crippen molar-refractivity contribution in [2.75, 3.05) is 13.5 Å². The predicted molar refractivity (Wildman–Crippen MR) is 220 cm³/mol. The van der Waals surface area contributed by atoms with E-state index in [1.807, 2.05) is 0 Å².